The van der Waals surface area contributed by atoms with E-state index >= 15 is 0 Å². The summed E-state index contributed by atoms with van der Waals surface area (Å²) in [6, 6.07) is 6.72. The summed E-state index contributed by atoms with van der Waals surface area (Å²) in [7, 11) is 0. The number of rotatable bonds is 3. The van der Waals surface area contributed by atoms with E-state index in [9.17, 15) is 9.18 Å². The second kappa shape index (κ2) is 6.30. The van der Waals surface area contributed by atoms with Crippen molar-refractivity contribution < 1.29 is 9.18 Å². The third-order valence-corrected chi connectivity index (χ3v) is 4.40. The topological polar surface area (TPSA) is 49.0 Å². The van der Waals surface area contributed by atoms with Crippen molar-refractivity contribution in [3.63, 3.8) is 0 Å². The highest BCUT2D eigenvalue weighted by molar-refractivity contribution is 5.95. The van der Waals surface area contributed by atoms with Gasteiger partial charge in [-0.2, -0.15) is 5.10 Å². The summed E-state index contributed by atoms with van der Waals surface area (Å²) in [4.78, 5) is 14.3. The van der Waals surface area contributed by atoms with Crippen LogP contribution < -0.4 is 0 Å². The molecule has 116 valence electrons. The summed E-state index contributed by atoms with van der Waals surface area (Å²) in [5.74, 6) is 0.422. The molecule has 1 aliphatic rings. The lowest BCUT2D eigenvalue weighted by atomic mass is 9.90. The van der Waals surface area contributed by atoms with E-state index in [0.717, 1.165) is 43.6 Å². The minimum Gasteiger partial charge on any atom is -0.339 e. The molecule has 4 nitrogen and oxygen atoms in total. The quantitative estimate of drug-likeness (QED) is 0.947. The van der Waals surface area contributed by atoms with Gasteiger partial charge < -0.3 is 4.90 Å². The van der Waals surface area contributed by atoms with E-state index in [0.29, 0.717) is 11.5 Å². The first-order valence-corrected chi connectivity index (χ1v) is 7.67. The molecule has 1 amide bonds. The molecule has 1 aromatic heterocycles. The Balaban J connectivity index is 1.55. The molecule has 1 aliphatic heterocycles. The Bertz CT molecular complexity index is 642. The number of hydrogen-bond acceptors (Lipinski definition) is 2. The number of carbonyl (C=O) groups is 1. The molecule has 0 aliphatic carbocycles. The molecule has 1 fully saturated rings. The second-order valence-electron chi connectivity index (χ2n) is 5.97. The zero-order valence-electron chi connectivity index (χ0n) is 12.7. The van der Waals surface area contributed by atoms with Gasteiger partial charge in [-0.3, -0.25) is 9.89 Å². The van der Waals surface area contributed by atoms with Gasteiger partial charge in [-0.25, -0.2) is 4.39 Å². The first-order valence-electron chi connectivity index (χ1n) is 7.67. The van der Waals surface area contributed by atoms with Gasteiger partial charge in [-0.05, 0) is 49.8 Å². The summed E-state index contributed by atoms with van der Waals surface area (Å²) in [5.41, 5.74) is 2.65. The Labute approximate surface area is 129 Å². The normalized spacial score (nSPS) is 16.0. The smallest absolute Gasteiger partial charge is 0.257 e. The number of nitrogens with one attached hydrogen (secondary N) is 1. The Morgan fingerprint density at radius 1 is 1.32 bits per heavy atom. The van der Waals surface area contributed by atoms with Crippen LogP contribution in [0.15, 0.2) is 30.5 Å². The highest BCUT2D eigenvalue weighted by atomic mass is 19.1. The van der Waals surface area contributed by atoms with Gasteiger partial charge in [0.15, 0.2) is 0 Å². The zero-order chi connectivity index (χ0) is 15.5. The van der Waals surface area contributed by atoms with Gasteiger partial charge in [-0.15, -0.1) is 0 Å². The maximum absolute atomic E-state index is 12.9. The van der Waals surface area contributed by atoms with E-state index in [2.05, 4.69) is 10.2 Å². The Morgan fingerprint density at radius 2 is 2.00 bits per heavy atom. The number of nitrogens with zero attached hydrogens (tertiary/aromatic N) is 2. The molecule has 2 heterocycles. The van der Waals surface area contributed by atoms with Crippen LogP contribution in [0.4, 0.5) is 4.39 Å². The summed E-state index contributed by atoms with van der Waals surface area (Å²) in [6.45, 7) is 3.41. The van der Waals surface area contributed by atoms with Gasteiger partial charge >= 0.3 is 0 Å². The number of piperidine rings is 1. The average Bonchev–Trinajstić information content (AvgIpc) is 2.96. The highest BCUT2D eigenvalue weighted by Crippen LogP contribution is 2.23. The van der Waals surface area contributed by atoms with Crippen LogP contribution in [0.1, 0.15) is 34.5 Å². The van der Waals surface area contributed by atoms with Crippen LogP contribution >= 0.6 is 0 Å². The number of halogens is 1. The molecule has 3 rings (SSSR count). The SMILES string of the molecule is Cc1[nH]ncc1C(=O)N1CCC(Cc2ccc(F)cc2)CC1. The minimum atomic E-state index is -0.195. The predicted molar refractivity (Wildman–Crippen MR) is 82.1 cm³/mol. The van der Waals surface area contributed by atoms with Gasteiger partial charge in [0.25, 0.3) is 5.91 Å². The van der Waals surface area contributed by atoms with E-state index in [4.69, 9.17) is 0 Å². The first kappa shape index (κ1) is 14.8. The van der Waals surface area contributed by atoms with E-state index in [1.165, 1.54) is 12.1 Å². The van der Waals surface area contributed by atoms with E-state index in [1.54, 1.807) is 6.20 Å². The fourth-order valence-corrected chi connectivity index (χ4v) is 3.03. The number of amides is 1. The number of carbonyl (C=O) groups excluding carboxylic acids is 1. The van der Waals surface area contributed by atoms with Crippen LogP contribution in [-0.2, 0) is 6.42 Å². The number of benzene rings is 1. The molecule has 0 radical (unpaired) electrons. The fourth-order valence-electron chi connectivity index (χ4n) is 3.03. The van der Waals surface area contributed by atoms with Crippen LogP contribution in [0.3, 0.4) is 0 Å². The lowest BCUT2D eigenvalue weighted by molar-refractivity contribution is 0.0690. The molecule has 5 heteroatoms. The van der Waals surface area contributed by atoms with Crippen molar-refractivity contribution in [3.8, 4) is 0 Å². The maximum atomic E-state index is 12.9. The van der Waals surface area contributed by atoms with Crippen molar-refractivity contribution in [2.24, 2.45) is 5.92 Å². The molecule has 0 spiro atoms. The minimum absolute atomic E-state index is 0.0616. The molecular weight excluding hydrogens is 281 g/mol. The van der Waals surface area contributed by atoms with Gasteiger partial charge in [-0.1, -0.05) is 12.1 Å². The number of aryl methyl sites for hydroxylation is 1. The van der Waals surface area contributed by atoms with Crippen LogP contribution in [0.25, 0.3) is 0 Å². The molecule has 1 aromatic carbocycles. The Hall–Kier alpha value is -2.17. The fraction of sp³-hybridized carbons (Fsp3) is 0.412. The van der Waals surface area contributed by atoms with Crippen molar-refractivity contribution in [3.05, 3.63) is 53.1 Å². The monoisotopic (exact) mass is 301 g/mol. The molecule has 0 bridgehead atoms. The highest BCUT2D eigenvalue weighted by Gasteiger charge is 2.25. The Morgan fingerprint density at radius 3 is 2.59 bits per heavy atom. The number of aromatic amines is 1. The Kier molecular flexibility index (Phi) is 4.22. The van der Waals surface area contributed by atoms with Gasteiger partial charge in [0.2, 0.25) is 0 Å². The third-order valence-electron chi connectivity index (χ3n) is 4.40. The molecule has 0 atom stereocenters. The van der Waals surface area contributed by atoms with Crippen molar-refractivity contribution >= 4 is 5.91 Å². The van der Waals surface area contributed by atoms with E-state index < -0.39 is 0 Å². The standard InChI is InChI=1S/C17H20FN3O/c1-12-16(11-19-20-12)17(22)21-8-6-14(7-9-21)10-13-2-4-15(18)5-3-13/h2-5,11,14H,6-10H2,1H3,(H,19,20). The van der Waals surface area contributed by atoms with Crippen LogP contribution in [-0.4, -0.2) is 34.1 Å². The summed E-state index contributed by atoms with van der Waals surface area (Å²) >= 11 is 0. The van der Waals surface area contributed by atoms with Crippen molar-refractivity contribution in [2.45, 2.75) is 26.2 Å². The predicted octanol–water partition coefficient (Wildman–Crippen LogP) is 2.95. The van der Waals surface area contributed by atoms with Crippen molar-refractivity contribution in [1.82, 2.24) is 15.1 Å². The lowest BCUT2D eigenvalue weighted by Crippen LogP contribution is -2.39. The summed E-state index contributed by atoms with van der Waals surface area (Å²) in [6.07, 6.45) is 4.52. The van der Waals surface area contributed by atoms with E-state index in [-0.39, 0.29) is 11.7 Å². The number of H-pyrrole nitrogens is 1. The molecule has 22 heavy (non-hydrogen) atoms. The van der Waals surface area contributed by atoms with Crippen LogP contribution in [0.2, 0.25) is 0 Å². The van der Waals surface area contributed by atoms with Crippen molar-refractivity contribution in [2.75, 3.05) is 13.1 Å². The molecule has 1 N–H and O–H groups in total. The van der Waals surface area contributed by atoms with Crippen LogP contribution in [0.5, 0.6) is 0 Å². The molecule has 0 saturated carbocycles. The van der Waals surface area contributed by atoms with Gasteiger partial charge in [0, 0.05) is 18.8 Å². The molecule has 1 saturated heterocycles. The van der Waals surface area contributed by atoms with Gasteiger partial charge in [0.1, 0.15) is 5.82 Å². The maximum Gasteiger partial charge on any atom is 0.257 e. The lowest BCUT2D eigenvalue weighted by Gasteiger charge is -2.32. The summed E-state index contributed by atoms with van der Waals surface area (Å²) in [5, 5.41) is 6.72. The van der Waals surface area contributed by atoms with Crippen molar-refractivity contribution in [1.29, 1.82) is 0 Å². The first-order chi connectivity index (χ1) is 10.6. The second-order valence-corrected chi connectivity index (χ2v) is 5.97. The largest absolute Gasteiger partial charge is 0.339 e. The number of likely N-dealkylation sites (tertiary alicyclic amines) is 1. The average molecular weight is 301 g/mol. The van der Waals surface area contributed by atoms with E-state index in [1.807, 2.05) is 24.0 Å². The third kappa shape index (κ3) is 3.18. The van der Waals surface area contributed by atoms with Gasteiger partial charge in [0.05, 0.1) is 11.8 Å². The number of aromatic nitrogens is 2. The molecule has 2 aromatic rings. The summed E-state index contributed by atoms with van der Waals surface area (Å²) < 4.78 is 12.9. The zero-order valence-corrected chi connectivity index (χ0v) is 12.7. The molecule has 0 unspecified atom stereocenters. The number of hydrogen-bond donors (Lipinski definition) is 1. The van der Waals surface area contributed by atoms with Crippen LogP contribution in [0, 0.1) is 18.7 Å². The molecular formula is C17H20FN3O.